The number of piperidine rings is 1. The first-order valence-electron chi connectivity index (χ1n) is 12.1. The molecule has 0 radical (unpaired) electrons. The molecule has 2 N–H and O–H groups in total. The van der Waals surface area contributed by atoms with Crippen LogP contribution in [0.2, 0.25) is 0 Å². The second kappa shape index (κ2) is 9.42. The highest BCUT2D eigenvalue weighted by Crippen LogP contribution is 2.46. The van der Waals surface area contributed by atoms with Crippen molar-refractivity contribution in [1.82, 2.24) is 15.2 Å². The zero-order valence-corrected chi connectivity index (χ0v) is 21.6. The van der Waals surface area contributed by atoms with Gasteiger partial charge in [-0.3, -0.25) is 14.5 Å². The number of rotatable bonds is 5. The van der Waals surface area contributed by atoms with Crippen LogP contribution in [0.1, 0.15) is 48.8 Å². The second-order valence-corrected chi connectivity index (χ2v) is 10.5. The van der Waals surface area contributed by atoms with Crippen LogP contribution in [0.5, 0.6) is 5.75 Å². The van der Waals surface area contributed by atoms with Crippen LogP contribution in [0.3, 0.4) is 0 Å². The lowest BCUT2D eigenvalue weighted by atomic mass is 10.1. The van der Waals surface area contributed by atoms with Crippen molar-refractivity contribution in [2.75, 3.05) is 23.3 Å². The maximum absolute atomic E-state index is 13.4. The third-order valence-corrected chi connectivity index (χ3v) is 7.53. The van der Waals surface area contributed by atoms with Gasteiger partial charge in [-0.1, -0.05) is 0 Å². The van der Waals surface area contributed by atoms with Gasteiger partial charge in [0.25, 0.3) is 5.91 Å². The van der Waals surface area contributed by atoms with Gasteiger partial charge in [-0.05, 0) is 63.4 Å². The minimum Gasteiger partial charge on any atom is -0.491 e. The summed E-state index contributed by atoms with van der Waals surface area (Å²) in [6.07, 6.45) is 3.34. The first kappa shape index (κ1) is 24.1. The Hall–Kier alpha value is -3.66. The number of aryl methyl sites for hydroxylation is 1. The molecule has 0 bridgehead atoms. The standard InChI is InChI=1S/C26H29N5O4S/c1-14(2)35-18-7-8-19(15(3)12-18)31-20-9-10-27-25-21(20)22(29-26(31)34)23(36-25)24(33)28-17-6-5-11-30(13-17)16(4)32/h7-10,12,14,17H,5-6,11,13H2,1-4H3,(H,28,33)(H,29,34). The summed E-state index contributed by atoms with van der Waals surface area (Å²) >= 11 is 1.25. The van der Waals surface area contributed by atoms with Crippen LogP contribution in [0.4, 0.5) is 21.9 Å². The Morgan fingerprint density at radius 3 is 2.78 bits per heavy atom. The molecule has 4 amide bonds. The highest BCUT2D eigenvalue weighted by molar-refractivity contribution is 7.21. The first-order valence-corrected chi connectivity index (χ1v) is 12.9. The van der Waals surface area contributed by atoms with Gasteiger partial charge in [0.05, 0.1) is 28.6 Å². The molecule has 0 saturated carbocycles. The molecule has 2 aliphatic heterocycles. The number of carbonyl (C=O) groups is 3. The number of thiophene rings is 1. The van der Waals surface area contributed by atoms with Crippen molar-refractivity contribution >= 4 is 56.5 Å². The second-order valence-electron chi connectivity index (χ2n) is 9.47. The molecule has 1 unspecified atom stereocenters. The molecule has 1 saturated heterocycles. The Kier molecular flexibility index (Phi) is 6.29. The van der Waals surface area contributed by atoms with E-state index in [4.69, 9.17) is 4.74 Å². The van der Waals surface area contributed by atoms with Crippen LogP contribution in [-0.4, -0.2) is 53.0 Å². The monoisotopic (exact) mass is 507 g/mol. The molecule has 36 heavy (non-hydrogen) atoms. The number of hydrogen-bond acceptors (Lipinski definition) is 6. The van der Waals surface area contributed by atoms with Crippen LogP contribution in [0, 0.1) is 6.92 Å². The van der Waals surface area contributed by atoms with E-state index in [0.29, 0.717) is 34.2 Å². The Morgan fingerprint density at radius 2 is 2.06 bits per heavy atom. The van der Waals surface area contributed by atoms with Gasteiger partial charge in [0.1, 0.15) is 15.5 Å². The molecule has 188 valence electrons. The number of anilines is 3. The Labute approximate surface area is 213 Å². The Morgan fingerprint density at radius 1 is 1.25 bits per heavy atom. The van der Waals surface area contributed by atoms with E-state index >= 15 is 0 Å². The topological polar surface area (TPSA) is 104 Å². The zero-order chi connectivity index (χ0) is 25.6. The van der Waals surface area contributed by atoms with Crippen molar-refractivity contribution in [2.45, 2.75) is 52.7 Å². The molecule has 9 nitrogen and oxygen atoms in total. The molecule has 10 heteroatoms. The molecule has 1 fully saturated rings. The number of hydrogen-bond donors (Lipinski definition) is 2. The van der Waals surface area contributed by atoms with E-state index in [1.54, 1.807) is 29.0 Å². The van der Waals surface area contributed by atoms with E-state index in [1.807, 2.05) is 39.0 Å². The molecular weight excluding hydrogens is 478 g/mol. The maximum atomic E-state index is 13.4. The van der Waals surface area contributed by atoms with Crippen LogP contribution >= 0.6 is 11.3 Å². The predicted molar refractivity (Wildman–Crippen MR) is 140 cm³/mol. The van der Waals surface area contributed by atoms with Gasteiger partial charge >= 0.3 is 6.03 Å². The highest BCUT2D eigenvalue weighted by atomic mass is 32.1. The molecule has 0 spiro atoms. The average Bonchev–Trinajstić information content (AvgIpc) is 3.19. The summed E-state index contributed by atoms with van der Waals surface area (Å²) in [4.78, 5) is 47.4. The number of nitrogens with one attached hydrogen (secondary N) is 2. The van der Waals surface area contributed by atoms with Crippen molar-refractivity contribution in [1.29, 1.82) is 0 Å². The van der Waals surface area contributed by atoms with E-state index in [1.165, 1.54) is 11.3 Å². The molecule has 0 aliphatic carbocycles. The molecule has 5 rings (SSSR count). The summed E-state index contributed by atoms with van der Waals surface area (Å²) in [7, 11) is 0. The summed E-state index contributed by atoms with van der Waals surface area (Å²) in [6.45, 7) is 8.61. The lowest BCUT2D eigenvalue weighted by molar-refractivity contribution is -0.130. The van der Waals surface area contributed by atoms with Crippen molar-refractivity contribution in [3.05, 3.63) is 40.9 Å². The van der Waals surface area contributed by atoms with E-state index in [0.717, 1.165) is 35.2 Å². The van der Waals surface area contributed by atoms with Gasteiger partial charge in [-0.15, -0.1) is 11.3 Å². The van der Waals surface area contributed by atoms with Crippen LogP contribution in [0.25, 0.3) is 10.2 Å². The number of carbonyl (C=O) groups excluding carboxylic acids is 3. The van der Waals surface area contributed by atoms with Gasteiger partial charge in [-0.25, -0.2) is 9.78 Å². The van der Waals surface area contributed by atoms with Crippen molar-refractivity contribution in [2.24, 2.45) is 0 Å². The number of aromatic nitrogens is 1. The van der Waals surface area contributed by atoms with Crippen LogP contribution in [0.15, 0.2) is 30.5 Å². The fraction of sp³-hybridized carbons (Fsp3) is 0.385. The summed E-state index contributed by atoms with van der Waals surface area (Å²) in [5.74, 6) is 0.477. The first-order chi connectivity index (χ1) is 17.2. The maximum Gasteiger partial charge on any atom is 0.331 e. The lowest BCUT2D eigenvalue weighted by Gasteiger charge is -2.32. The zero-order valence-electron chi connectivity index (χ0n) is 20.8. The summed E-state index contributed by atoms with van der Waals surface area (Å²) < 4.78 is 5.80. The minimum atomic E-state index is -0.344. The SMILES string of the molecule is CC(=O)N1CCCC(NC(=O)c2sc3nccc4c3c2NC(=O)N4c2ccc(OC(C)C)cc2C)C1. The fourth-order valence-corrected chi connectivity index (χ4v) is 5.86. The van der Waals surface area contributed by atoms with E-state index in [9.17, 15) is 14.4 Å². The quantitative estimate of drug-likeness (QED) is 0.516. The summed E-state index contributed by atoms with van der Waals surface area (Å²) in [5.41, 5.74) is 2.77. The number of pyridine rings is 1. The number of nitrogens with zero attached hydrogens (tertiary/aromatic N) is 3. The van der Waals surface area contributed by atoms with Crippen LogP contribution < -0.4 is 20.3 Å². The minimum absolute atomic E-state index is 0.00574. The molecule has 1 atom stereocenters. The summed E-state index contributed by atoms with van der Waals surface area (Å²) in [5, 5.41) is 6.74. The van der Waals surface area contributed by atoms with Crippen LogP contribution in [-0.2, 0) is 4.79 Å². The lowest BCUT2D eigenvalue weighted by Crippen LogP contribution is -2.49. The van der Waals surface area contributed by atoms with Gasteiger partial charge in [0.15, 0.2) is 0 Å². The highest BCUT2D eigenvalue weighted by Gasteiger charge is 2.34. The number of benzene rings is 1. The number of amides is 4. The van der Waals surface area contributed by atoms with E-state index in [2.05, 4.69) is 15.6 Å². The molecule has 4 heterocycles. The molecule has 2 aromatic heterocycles. The average molecular weight is 508 g/mol. The predicted octanol–water partition coefficient (Wildman–Crippen LogP) is 4.82. The van der Waals surface area contributed by atoms with Crippen molar-refractivity contribution < 1.29 is 19.1 Å². The number of ether oxygens (including phenoxy) is 1. The fourth-order valence-electron chi connectivity index (χ4n) is 4.84. The van der Waals surface area contributed by atoms with Crippen molar-refractivity contribution in [3.63, 3.8) is 0 Å². The van der Waals surface area contributed by atoms with Crippen molar-refractivity contribution in [3.8, 4) is 5.75 Å². The molecular formula is C26H29N5O4S. The largest absolute Gasteiger partial charge is 0.491 e. The van der Waals surface area contributed by atoms with Gasteiger partial charge in [-0.2, -0.15) is 0 Å². The normalized spacial score (nSPS) is 17.4. The molecule has 2 aliphatic rings. The number of likely N-dealkylation sites (tertiary alicyclic amines) is 1. The van der Waals surface area contributed by atoms with Gasteiger partial charge in [0.2, 0.25) is 5.91 Å². The third-order valence-electron chi connectivity index (χ3n) is 6.44. The van der Waals surface area contributed by atoms with Gasteiger partial charge in [0, 0.05) is 32.3 Å². The molecule has 1 aromatic carbocycles. The van der Waals surface area contributed by atoms with Gasteiger partial charge < -0.3 is 20.3 Å². The Bertz CT molecular complexity index is 1370. The third kappa shape index (κ3) is 4.37. The Balaban J connectivity index is 1.48. The van der Waals surface area contributed by atoms with E-state index in [-0.39, 0.29) is 30.0 Å². The number of urea groups is 1. The molecule has 3 aromatic rings. The summed E-state index contributed by atoms with van der Waals surface area (Å²) in [6, 6.07) is 6.95. The van der Waals surface area contributed by atoms with E-state index < -0.39 is 0 Å². The smallest absolute Gasteiger partial charge is 0.331 e.